The quantitative estimate of drug-likeness (QED) is 0.506. The summed E-state index contributed by atoms with van der Waals surface area (Å²) >= 11 is 0. The van der Waals surface area contributed by atoms with Crippen molar-refractivity contribution >= 4 is 21.4 Å². The highest BCUT2D eigenvalue weighted by Gasteiger charge is 2.30. The largest absolute Gasteiger partial charge is 0.339 e. The van der Waals surface area contributed by atoms with E-state index in [1.165, 1.54) is 12.0 Å². The molecule has 0 bridgehead atoms. The number of aryl methyl sites for hydroxylation is 1. The molecule has 5 rings (SSSR count). The van der Waals surface area contributed by atoms with Gasteiger partial charge in [0.25, 0.3) is 5.91 Å². The van der Waals surface area contributed by atoms with Gasteiger partial charge < -0.3 is 4.90 Å². The average molecular weight is 495 g/mol. The van der Waals surface area contributed by atoms with Crippen LogP contribution in [-0.2, 0) is 16.4 Å². The number of carbonyl (C=O) groups is 1. The minimum atomic E-state index is -3.49. The standard InChI is InChI=1S/C27H34N4O3S/c1-2-6-21-7-9-24(10-8-21)35(33,34)30-16-11-22(12-17-30)23-13-18-31-26(19-23)25(20-28-31)27(32)29-14-4-3-5-15-29/h7-10,13,18-20,22H,2-6,11-12,14-17H2,1H3. The maximum Gasteiger partial charge on any atom is 0.257 e. The Hall–Kier alpha value is -2.71. The molecule has 8 heteroatoms. The van der Waals surface area contributed by atoms with Crippen LogP contribution in [0.1, 0.15) is 72.9 Å². The van der Waals surface area contributed by atoms with Gasteiger partial charge in [0.15, 0.2) is 0 Å². The van der Waals surface area contributed by atoms with E-state index in [1.54, 1.807) is 27.2 Å². The molecule has 2 aromatic heterocycles. The van der Waals surface area contributed by atoms with Gasteiger partial charge in [-0.25, -0.2) is 12.9 Å². The smallest absolute Gasteiger partial charge is 0.257 e. The van der Waals surface area contributed by atoms with Gasteiger partial charge in [-0.2, -0.15) is 9.40 Å². The molecule has 0 spiro atoms. The Kier molecular flexibility index (Phi) is 6.93. The van der Waals surface area contributed by atoms with Gasteiger partial charge in [-0.3, -0.25) is 4.79 Å². The Bertz CT molecular complexity index is 1290. The number of rotatable bonds is 6. The van der Waals surface area contributed by atoms with Crippen molar-refractivity contribution in [1.82, 2.24) is 18.8 Å². The third-order valence-corrected chi connectivity index (χ3v) is 9.36. The van der Waals surface area contributed by atoms with Crippen molar-refractivity contribution in [3.8, 4) is 0 Å². The molecule has 0 unspecified atom stereocenters. The molecule has 0 saturated carbocycles. The third-order valence-electron chi connectivity index (χ3n) is 7.44. The van der Waals surface area contributed by atoms with Crippen LogP contribution in [0.3, 0.4) is 0 Å². The molecule has 7 nitrogen and oxygen atoms in total. The van der Waals surface area contributed by atoms with Crippen LogP contribution < -0.4 is 0 Å². The zero-order valence-corrected chi connectivity index (χ0v) is 21.2. The lowest BCUT2D eigenvalue weighted by Crippen LogP contribution is -2.37. The highest BCUT2D eigenvalue weighted by molar-refractivity contribution is 7.89. The van der Waals surface area contributed by atoms with E-state index in [1.807, 2.05) is 23.2 Å². The second kappa shape index (κ2) is 10.1. The number of fused-ring (bicyclic) bond motifs is 1. The summed E-state index contributed by atoms with van der Waals surface area (Å²) in [5.41, 5.74) is 3.80. The fourth-order valence-electron chi connectivity index (χ4n) is 5.38. The second-order valence-electron chi connectivity index (χ2n) is 9.77. The van der Waals surface area contributed by atoms with E-state index >= 15 is 0 Å². The first kappa shape index (κ1) is 24.0. The third kappa shape index (κ3) is 4.86. The van der Waals surface area contributed by atoms with Crippen molar-refractivity contribution in [2.45, 2.75) is 62.7 Å². The fraction of sp³-hybridized carbons (Fsp3) is 0.481. The van der Waals surface area contributed by atoms with Gasteiger partial charge in [0.05, 0.1) is 22.2 Å². The number of nitrogens with zero attached hydrogens (tertiary/aromatic N) is 4. The molecular weight excluding hydrogens is 460 g/mol. The molecule has 0 atom stereocenters. The zero-order chi connectivity index (χ0) is 24.4. The summed E-state index contributed by atoms with van der Waals surface area (Å²) < 4.78 is 29.7. The summed E-state index contributed by atoms with van der Waals surface area (Å²) in [5.74, 6) is 0.314. The molecule has 0 N–H and O–H groups in total. The van der Waals surface area contributed by atoms with Gasteiger partial charge in [-0.05, 0) is 79.8 Å². The Balaban J connectivity index is 1.29. The van der Waals surface area contributed by atoms with Crippen molar-refractivity contribution < 1.29 is 13.2 Å². The Morgan fingerprint density at radius 1 is 1.00 bits per heavy atom. The maximum atomic E-state index is 13.2. The number of likely N-dealkylation sites (tertiary alicyclic amines) is 1. The molecule has 0 aliphatic carbocycles. The van der Waals surface area contributed by atoms with Crippen LogP contribution in [0.15, 0.2) is 53.7 Å². The molecular formula is C27H34N4O3S. The number of amides is 1. The van der Waals surface area contributed by atoms with Gasteiger partial charge >= 0.3 is 0 Å². The molecule has 0 radical (unpaired) electrons. The molecule has 4 heterocycles. The van der Waals surface area contributed by atoms with E-state index in [2.05, 4.69) is 24.2 Å². The molecule has 2 fully saturated rings. The number of aromatic nitrogens is 2. The highest BCUT2D eigenvalue weighted by atomic mass is 32.2. The summed E-state index contributed by atoms with van der Waals surface area (Å²) in [4.78, 5) is 15.4. The van der Waals surface area contributed by atoms with Crippen LogP contribution in [0.2, 0.25) is 0 Å². The minimum Gasteiger partial charge on any atom is -0.339 e. The van der Waals surface area contributed by atoms with Gasteiger partial charge in [0.1, 0.15) is 0 Å². The number of sulfonamides is 1. The van der Waals surface area contributed by atoms with Crippen LogP contribution in [0, 0.1) is 0 Å². The Morgan fingerprint density at radius 2 is 1.71 bits per heavy atom. The van der Waals surface area contributed by atoms with E-state index < -0.39 is 10.0 Å². The number of carbonyl (C=O) groups excluding carboxylic acids is 1. The molecule has 186 valence electrons. The van der Waals surface area contributed by atoms with Crippen molar-refractivity contribution in [2.75, 3.05) is 26.2 Å². The summed E-state index contributed by atoms with van der Waals surface area (Å²) in [5, 5.41) is 4.40. The van der Waals surface area contributed by atoms with Crippen LogP contribution in [0.5, 0.6) is 0 Å². The first-order valence-corrected chi connectivity index (χ1v) is 14.3. The predicted octanol–water partition coefficient (Wildman–Crippen LogP) is 4.48. The van der Waals surface area contributed by atoms with Gasteiger partial charge in [0, 0.05) is 32.4 Å². The fourth-order valence-corrected chi connectivity index (χ4v) is 6.85. The van der Waals surface area contributed by atoms with E-state index in [9.17, 15) is 13.2 Å². The summed E-state index contributed by atoms with van der Waals surface area (Å²) in [6, 6.07) is 11.4. The first-order valence-electron chi connectivity index (χ1n) is 12.8. The van der Waals surface area contributed by atoms with E-state index in [0.717, 1.165) is 62.7 Å². The van der Waals surface area contributed by atoms with Gasteiger partial charge in [-0.1, -0.05) is 25.5 Å². The van der Waals surface area contributed by atoms with Crippen LogP contribution in [0.4, 0.5) is 0 Å². The molecule has 2 saturated heterocycles. The van der Waals surface area contributed by atoms with Crippen molar-refractivity contribution in [3.05, 3.63) is 65.5 Å². The lowest BCUT2D eigenvalue weighted by Gasteiger charge is -2.31. The van der Waals surface area contributed by atoms with Crippen molar-refractivity contribution in [2.24, 2.45) is 0 Å². The van der Waals surface area contributed by atoms with Crippen LogP contribution in [-0.4, -0.2) is 59.3 Å². The monoisotopic (exact) mass is 494 g/mol. The minimum absolute atomic E-state index is 0.0581. The summed E-state index contributed by atoms with van der Waals surface area (Å²) in [6.45, 7) is 4.72. The normalized spacial score (nSPS) is 18.3. The van der Waals surface area contributed by atoms with Crippen molar-refractivity contribution in [3.63, 3.8) is 0 Å². The zero-order valence-electron chi connectivity index (χ0n) is 20.4. The molecule has 2 aliphatic rings. The predicted molar refractivity (Wildman–Crippen MR) is 136 cm³/mol. The average Bonchev–Trinajstić information content (AvgIpc) is 3.33. The Labute approximate surface area is 207 Å². The molecule has 35 heavy (non-hydrogen) atoms. The SMILES string of the molecule is CCCc1ccc(S(=O)(=O)N2CCC(c3ccn4ncc(C(=O)N5CCCCC5)c4c3)CC2)cc1. The molecule has 3 aromatic rings. The van der Waals surface area contributed by atoms with Crippen LogP contribution >= 0.6 is 0 Å². The number of hydrogen-bond acceptors (Lipinski definition) is 4. The maximum absolute atomic E-state index is 13.2. The topological polar surface area (TPSA) is 75.0 Å². The molecule has 1 aromatic carbocycles. The number of pyridine rings is 1. The van der Waals surface area contributed by atoms with E-state index in [-0.39, 0.29) is 11.8 Å². The highest BCUT2D eigenvalue weighted by Crippen LogP contribution is 2.32. The Morgan fingerprint density at radius 3 is 2.40 bits per heavy atom. The summed E-state index contributed by atoms with van der Waals surface area (Å²) in [6.07, 6.45) is 10.4. The number of benzene rings is 1. The van der Waals surface area contributed by atoms with E-state index in [0.29, 0.717) is 23.5 Å². The van der Waals surface area contributed by atoms with E-state index in [4.69, 9.17) is 0 Å². The lowest BCUT2D eigenvalue weighted by atomic mass is 9.90. The lowest BCUT2D eigenvalue weighted by molar-refractivity contribution is 0.0726. The number of piperidine rings is 2. The first-order chi connectivity index (χ1) is 17.0. The van der Waals surface area contributed by atoms with Gasteiger partial charge in [0.2, 0.25) is 10.0 Å². The molecule has 2 aliphatic heterocycles. The molecule has 1 amide bonds. The van der Waals surface area contributed by atoms with Gasteiger partial charge in [-0.15, -0.1) is 0 Å². The van der Waals surface area contributed by atoms with Crippen molar-refractivity contribution in [1.29, 1.82) is 0 Å². The second-order valence-corrected chi connectivity index (χ2v) is 11.7. The van der Waals surface area contributed by atoms with Crippen LogP contribution in [0.25, 0.3) is 5.52 Å². The number of hydrogen-bond donors (Lipinski definition) is 0. The summed E-state index contributed by atoms with van der Waals surface area (Å²) in [7, 11) is -3.49.